The second-order valence-electron chi connectivity index (χ2n) is 4.28. The topological polar surface area (TPSA) is 12.0 Å². The zero-order valence-electron chi connectivity index (χ0n) is 12.4. The van der Waals surface area contributed by atoms with Crippen molar-refractivity contribution in [2.24, 2.45) is 0 Å². The van der Waals surface area contributed by atoms with E-state index in [0.717, 1.165) is 24.3 Å². The maximum atomic E-state index is 12.4. The highest BCUT2D eigenvalue weighted by Gasteiger charge is 2.30. The van der Waals surface area contributed by atoms with E-state index in [0.29, 0.717) is 11.4 Å². The van der Waals surface area contributed by atoms with Crippen LogP contribution >= 0.6 is 0 Å². The number of nitrogens with one attached hydrogen (secondary N) is 1. The molecule has 2 aromatic rings. The molecule has 7 heteroatoms. The average Bonchev–Trinajstić information content (AvgIpc) is 2.48. The lowest BCUT2D eigenvalue weighted by Gasteiger charge is -2.11. The fourth-order valence-electron chi connectivity index (χ4n) is 1.65. The third-order valence-corrected chi connectivity index (χ3v) is 2.71. The summed E-state index contributed by atoms with van der Waals surface area (Å²) in [7, 11) is 0. The van der Waals surface area contributed by atoms with Gasteiger partial charge in [-0.3, -0.25) is 0 Å². The first-order valence-electron chi connectivity index (χ1n) is 6.78. The Morgan fingerprint density at radius 1 is 0.565 bits per heavy atom. The minimum atomic E-state index is -4.42. The van der Waals surface area contributed by atoms with Crippen molar-refractivity contribution in [2.75, 3.05) is 5.32 Å². The van der Waals surface area contributed by atoms with Gasteiger partial charge in [0.15, 0.2) is 0 Å². The van der Waals surface area contributed by atoms with E-state index in [2.05, 4.69) is 5.32 Å². The summed E-state index contributed by atoms with van der Waals surface area (Å²) in [6.07, 6.45) is -8.85. The Balaban J connectivity index is 0.00000127. The van der Waals surface area contributed by atoms with Crippen LogP contribution in [0.25, 0.3) is 0 Å². The molecule has 126 valence electrons. The van der Waals surface area contributed by atoms with Gasteiger partial charge in [-0.05, 0) is 48.5 Å². The fourth-order valence-corrected chi connectivity index (χ4v) is 1.65. The molecule has 1 nitrogen and oxygen atoms in total. The Bertz CT molecular complexity index is 541. The van der Waals surface area contributed by atoms with Crippen molar-refractivity contribution in [2.45, 2.75) is 26.2 Å². The van der Waals surface area contributed by atoms with Gasteiger partial charge in [-0.25, -0.2) is 0 Å². The van der Waals surface area contributed by atoms with Crippen LogP contribution in [-0.4, -0.2) is 0 Å². The van der Waals surface area contributed by atoms with Crippen molar-refractivity contribution >= 4 is 11.4 Å². The van der Waals surface area contributed by atoms with E-state index in [1.54, 1.807) is 0 Å². The minimum absolute atomic E-state index is 0.350. The number of hydrogen-bond donors (Lipinski definition) is 1. The number of anilines is 2. The van der Waals surface area contributed by atoms with E-state index in [9.17, 15) is 26.3 Å². The lowest BCUT2D eigenvalue weighted by atomic mass is 10.1. The van der Waals surface area contributed by atoms with E-state index in [4.69, 9.17) is 0 Å². The maximum Gasteiger partial charge on any atom is 0.416 e. The van der Waals surface area contributed by atoms with Crippen molar-refractivity contribution in [3.05, 3.63) is 59.7 Å². The second kappa shape index (κ2) is 7.39. The highest BCUT2D eigenvalue weighted by Crippen LogP contribution is 2.32. The highest BCUT2D eigenvalue weighted by molar-refractivity contribution is 5.60. The van der Waals surface area contributed by atoms with E-state index in [1.165, 1.54) is 24.3 Å². The maximum absolute atomic E-state index is 12.4. The van der Waals surface area contributed by atoms with Crippen molar-refractivity contribution in [1.82, 2.24) is 0 Å². The molecule has 0 atom stereocenters. The molecule has 0 aliphatic rings. The predicted octanol–water partition coefficient (Wildman–Crippen LogP) is 6.49. The van der Waals surface area contributed by atoms with Crippen molar-refractivity contribution < 1.29 is 26.3 Å². The Kier molecular flexibility index (Phi) is 6.06. The normalized spacial score (nSPS) is 11.5. The first kappa shape index (κ1) is 18.9. The van der Waals surface area contributed by atoms with Crippen molar-refractivity contribution in [3.63, 3.8) is 0 Å². The Morgan fingerprint density at radius 3 is 1.04 bits per heavy atom. The summed E-state index contributed by atoms with van der Waals surface area (Å²) in [6.45, 7) is 4.00. The predicted molar refractivity (Wildman–Crippen MR) is 77.5 cm³/mol. The quantitative estimate of drug-likeness (QED) is 0.618. The Hall–Kier alpha value is -2.18. The molecular weight excluding hydrogens is 320 g/mol. The molecule has 0 aliphatic carbocycles. The standard InChI is InChI=1S/C14H9F6N.C2H6/c15-13(16,17)9-1-5-11(6-2-9)21-12-7-3-10(4-8-12)14(18,19)20;1-2/h1-8,21H;1-2H3. The first-order chi connectivity index (χ1) is 10.7. The zero-order chi connectivity index (χ0) is 17.7. The summed E-state index contributed by atoms with van der Waals surface area (Å²) in [6, 6.07) is 8.42. The van der Waals surface area contributed by atoms with Crippen LogP contribution in [0.15, 0.2) is 48.5 Å². The summed E-state index contributed by atoms with van der Waals surface area (Å²) >= 11 is 0. The van der Waals surface area contributed by atoms with Crippen LogP contribution in [0.3, 0.4) is 0 Å². The molecule has 0 spiro atoms. The largest absolute Gasteiger partial charge is 0.416 e. The third kappa shape index (κ3) is 5.50. The van der Waals surface area contributed by atoms with Crippen LogP contribution in [0.5, 0.6) is 0 Å². The molecule has 0 fully saturated rings. The SMILES string of the molecule is CC.FC(F)(F)c1ccc(Nc2ccc(C(F)(F)F)cc2)cc1. The highest BCUT2D eigenvalue weighted by atomic mass is 19.4. The van der Waals surface area contributed by atoms with Gasteiger partial charge in [0.1, 0.15) is 0 Å². The van der Waals surface area contributed by atoms with Crippen LogP contribution in [0.1, 0.15) is 25.0 Å². The van der Waals surface area contributed by atoms with E-state index >= 15 is 0 Å². The molecule has 0 aliphatic heterocycles. The van der Waals surface area contributed by atoms with Gasteiger partial charge in [0.25, 0.3) is 0 Å². The van der Waals surface area contributed by atoms with Crippen LogP contribution in [0, 0.1) is 0 Å². The third-order valence-electron chi connectivity index (χ3n) is 2.71. The first-order valence-corrected chi connectivity index (χ1v) is 6.78. The van der Waals surface area contributed by atoms with Gasteiger partial charge in [-0.15, -0.1) is 0 Å². The van der Waals surface area contributed by atoms with Crippen LogP contribution < -0.4 is 5.32 Å². The summed E-state index contributed by atoms with van der Waals surface area (Å²) in [4.78, 5) is 0. The second-order valence-corrected chi connectivity index (χ2v) is 4.28. The van der Waals surface area contributed by atoms with Gasteiger partial charge >= 0.3 is 12.4 Å². The lowest BCUT2D eigenvalue weighted by Crippen LogP contribution is -2.05. The summed E-state index contributed by atoms with van der Waals surface area (Å²) in [5.74, 6) is 0. The Morgan fingerprint density at radius 2 is 0.826 bits per heavy atom. The smallest absolute Gasteiger partial charge is 0.356 e. The minimum Gasteiger partial charge on any atom is -0.356 e. The molecular formula is C16H15F6N. The van der Waals surface area contributed by atoms with Crippen LogP contribution in [0.2, 0.25) is 0 Å². The molecule has 0 bridgehead atoms. The molecule has 2 rings (SSSR count). The number of hydrogen-bond acceptors (Lipinski definition) is 1. The van der Waals surface area contributed by atoms with Gasteiger partial charge < -0.3 is 5.32 Å². The summed E-state index contributed by atoms with van der Waals surface area (Å²) in [5, 5.41) is 2.73. The van der Waals surface area contributed by atoms with E-state index in [1.807, 2.05) is 13.8 Å². The molecule has 0 radical (unpaired) electrons. The number of alkyl halides is 6. The molecule has 0 aromatic heterocycles. The van der Waals surface area contributed by atoms with Gasteiger partial charge in [-0.1, -0.05) is 13.8 Å². The van der Waals surface area contributed by atoms with Gasteiger partial charge in [0.05, 0.1) is 11.1 Å². The van der Waals surface area contributed by atoms with Crippen LogP contribution in [-0.2, 0) is 12.4 Å². The van der Waals surface area contributed by atoms with Gasteiger partial charge in [-0.2, -0.15) is 26.3 Å². The number of halogens is 6. The van der Waals surface area contributed by atoms with Crippen molar-refractivity contribution in [1.29, 1.82) is 0 Å². The molecule has 0 unspecified atom stereocenters. The van der Waals surface area contributed by atoms with E-state index < -0.39 is 23.5 Å². The van der Waals surface area contributed by atoms with Gasteiger partial charge in [0.2, 0.25) is 0 Å². The molecule has 23 heavy (non-hydrogen) atoms. The number of benzene rings is 2. The zero-order valence-corrected chi connectivity index (χ0v) is 12.4. The summed E-state index contributed by atoms with van der Waals surface area (Å²) in [5.41, 5.74) is -0.883. The molecule has 1 N–H and O–H groups in total. The summed E-state index contributed by atoms with van der Waals surface area (Å²) < 4.78 is 74.3. The number of rotatable bonds is 2. The fraction of sp³-hybridized carbons (Fsp3) is 0.250. The van der Waals surface area contributed by atoms with Crippen molar-refractivity contribution in [3.8, 4) is 0 Å². The molecule has 0 heterocycles. The monoisotopic (exact) mass is 335 g/mol. The molecule has 0 amide bonds. The molecule has 0 saturated heterocycles. The van der Waals surface area contributed by atoms with Gasteiger partial charge in [0, 0.05) is 11.4 Å². The Labute approximate surface area is 129 Å². The van der Waals surface area contributed by atoms with E-state index in [-0.39, 0.29) is 0 Å². The lowest BCUT2D eigenvalue weighted by molar-refractivity contribution is -0.138. The molecule has 0 saturated carbocycles. The van der Waals surface area contributed by atoms with Crippen LogP contribution in [0.4, 0.5) is 37.7 Å². The molecule has 2 aromatic carbocycles. The average molecular weight is 335 g/mol.